The first-order chi connectivity index (χ1) is 8.86. The van der Waals surface area contributed by atoms with Gasteiger partial charge in [0, 0.05) is 18.3 Å². The van der Waals surface area contributed by atoms with E-state index in [0.29, 0.717) is 0 Å². The molecule has 3 nitrogen and oxygen atoms in total. The van der Waals surface area contributed by atoms with Crippen molar-refractivity contribution in [2.24, 2.45) is 4.99 Å². The van der Waals surface area contributed by atoms with Crippen LogP contribution in [-0.4, -0.2) is 48.6 Å². The summed E-state index contributed by atoms with van der Waals surface area (Å²) in [6.07, 6.45) is 7.37. The zero-order valence-electron chi connectivity index (χ0n) is 11.7. The lowest BCUT2D eigenvalue weighted by Crippen LogP contribution is -2.38. The monoisotopic (exact) mass is 289 g/mol. The standard InChI is InChI=1S/C13H27N3S2/c1-3-14-13(15-8-4-5-9-17-2)16-11-12-7-6-10-18-12/h12H,3-11H2,1-2H3,(H2,14,15,16). The van der Waals surface area contributed by atoms with Crippen LogP contribution < -0.4 is 10.6 Å². The summed E-state index contributed by atoms with van der Waals surface area (Å²) in [5.74, 6) is 3.57. The number of unbranched alkanes of at least 4 members (excludes halogenated alkanes) is 1. The second kappa shape index (κ2) is 10.9. The van der Waals surface area contributed by atoms with Gasteiger partial charge in [0.05, 0.1) is 6.54 Å². The number of rotatable bonds is 8. The highest BCUT2D eigenvalue weighted by Crippen LogP contribution is 2.25. The van der Waals surface area contributed by atoms with E-state index in [1.807, 2.05) is 11.8 Å². The van der Waals surface area contributed by atoms with E-state index in [2.05, 4.69) is 40.6 Å². The van der Waals surface area contributed by atoms with Gasteiger partial charge in [-0.2, -0.15) is 23.5 Å². The molecule has 1 saturated heterocycles. The molecule has 1 aliphatic rings. The summed E-state index contributed by atoms with van der Waals surface area (Å²) in [7, 11) is 0. The Bertz CT molecular complexity index is 228. The summed E-state index contributed by atoms with van der Waals surface area (Å²) in [6.45, 7) is 5.05. The summed E-state index contributed by atoms with van der Waals surface area (Å²) in [5.41, 5.74) is 0. The number of nitrogens with zero attached hydrogens (tertiary/aromatic N) is 1. The number of hydrogen-bond donors (Lipinski definition) is 2. The minimum Gasteiger partial charge on any atom is -0.357 e. The lowest BCUT2D eigenvalue weighted by Gasteiger charge is -2.12. The second-order valence-corrected chi connectivity index (χ2v) is 6.88. The summed E-state index contributed by atoms with van der Waals surface area (Å²) in [6, 6.07) is 0. The predicted octanol–water partition coefficient (Wildman–Crippen LogP) is 2.58. The van der Waals surface area contributed by atoms with Crippen molar-refractivity contribution >= 4 is 29.5 Å². The first-order valence-electron chi connectivity index (χ1n) is 6.99. The van der Waals surface area contributed by atoms with E-state index in [1.54, 1.807) is 0 Å². The largest absolute Gasteiger partial charge is 0.357 e. The zero-order chi connectivity index (χ0) is 13.1. The third-order valence-electron chi connectivity index (χ3n) is 2.89. The molecule has 2 N–H and O–H groups in total. The molecule has 1 rings (SSSR count). The van der Waals surface area contributed by atoms with Crippen LogP contribution in [0.15, 0.2) is 4.99 Å². The Balaban J connectivity index is 2.17. The van der Waals surface area contributed by atoms with Crippen molar-refractivity contribution in [1.82, 2.24) is 10.6 Å². The van der Waals surface area contributed by atoms with Gasteiger partial charge in [-0.1, -0.05) is 0 Å². The third-order valence-corrected chi connectivity index (χ3v) is 4.97. The van der Waals surface area contributed by atoms with Crippen molar-refractivity contribution in [3.63, 3.8) is 0 Å². The summed E-state index contributed by atoms with van der Waals surface area (Å²) in [4.78, 5) is 4.68. The topological polar surface area (TPSA) is 36.4 Å². The van der Waals surface area contributed by atoms with Gasteiger partial charge in [-0.3, -0.25) is 4.99 Å². The molecule has 1 unspecified atom stereocenters. The van der Waals surface area contributed by atoms with E-state index < -0.39 is 0 Å². The van der Waals surface area contributed by atoms with E-state index in [9.17, 15) is 0 Å². The van der Waals surface area contributed by atoms with E-state index in [1.165, 1.54) is 37.2 Å². The van der Waals surface area contributed by atoms with E-state index in [-0.39, 0.29) is 0 Å². The predicted molar refractivity (Wildman–Crippen MR) is 87.1 cm³/mol. The van der Waals surface area contributed by atoms with Crippen LogP contribution in [0, 0.1) is 0 Å². The van der Waals surface area contributed by atoms with Crippen LogP contribution in [0.25, 0.3) is 0 Å². The number of hydrogen-bond acceptors (Lipinski definition) is 3. The first kappa shape index (κ1) is 16.0. The molecule has 0 aromatic rings. The van der Waals surface area contributed by atoms with Crippen LogP contribution >= 0.6 is 23.5 Å². The summed E-state index contributed by atoms with van der Waals surface area (Å²) < 4.78 is 0. The van der Waals surface area contributed by atoms with Gasteiger partial charge in [-0.15, -0.1) is 0 Å². The molecule has 0 radical (unpaired) electrons. The smallest absolute Gasteiger partial charge is 0.191 e. The van der Waals surface area contributed by atoms with Crippen molar-refractivity contribution in [1.29, 1.82) is 0 Å². The van der Waals surface area contributed by atoms with Gasteiger partial charge in [0.2, 0.25) is 0 Å². The van der Waals surface area contributed by atoms with Crippen LogP contribution in [0.4, 0.5) is 0 Å². The van der Waals surface area contributed by atoms with Crippen LogP contribution in [0.3, 0.4) is 0 Å². The second-order valence-electron chi connectivity index (χ2n) is 4.48. The molecule has 1 aliphatic heterocycles. The lowest BCUT2D eigenvalue weighted by molar-refractivity contribution is 0.726. The van der Waals surface area contributed by atoms with E-state index >= 15 is 0 Å². The number of thioether (sulfide) groups is 2. The van der Waals surface area contributed by atoms with Crippen molar-refractivity contribution in [2.75, 3.05) is 37.4 Å². The van der Waals surface area contributed by atoms with Gasteiger partial charge in [-0.05, 0) is 50.4 Å². The highest BCUT2D eigenvalue weighted by Gasteiger charge is 2.14. The minimum absolute atomic E-state index is 0.747. The first-order valence-corrected chi connectivity index (χ1v) is 9.43. The Morgan fingerprint density at radius 2 is 2.28 bits per heavy atom. The van der Waals surface area contributed by atoms with Gasteiger partial charge in [0.25, 0.3) is 0 Å². The van der Waals surface area contributed by atoms with Crippen LogP contribution in [-0.2, 0) is 0 Å². The average Bonchev–Trinajstić information content (AvgIpc) is 2.88. The molecule has 0 amide bonds. The van der Waals surface area contributed by atoms with Crippen LogP contribution in [0.5, 0.6) is 0 Å². The number of nitrogens with one attached hydrogen (secondary N) is 2. The van der Waals surface area contributed by atoms with Gasteiger partial charge < -0.3 is 10.6 Å². The fourth-order valence-corrected chi connectivity index (χ4v) is 3.57. The maximum Gasteiger partial charge on any atom is 0.191 e. The SMILES string of the molecule is CCNC(=NCC1CCCS1)NCCCCSC. The molecule has 106 valence electrons. The van der Waals surface area contributed by atoms with Gasteiger partial charge in [0.1, 0.15) is 0 Å². The molecule has 0 spiro atoms. The van der Waals surface area contributed by atoms with Gasteiger partial charge in [-0.25, -0.2) is 0 Å². The molecule has 0 bridgehead atoms. The average molecular weight is 290 g/mol. The molecule has 0 aromatic carbocycles. The van der Waals surface area contributed by atoms with Crippen molar-refractivity contribution in [3.05, 3.63) is 0 Å². The Labute approximate surface area is 120 Å². The lowest BCUT2D eigenvalue weighted by atomic mass is 10.2. The van der Waals surface area contributed by atoms with E-state index in [4.69, 9.17) is 0 Å². The minimum atomic E-state index is 0.747. The maximum absolute atomic E-state index is 4.68. The fourth-order valence-electron chi connectivity index (χ4n) is 1.90. The molecule has 1 atom stereocenters. The highest BCUT2D eigenvalue weighted by molar-refractivity contribution is 8.00. The van der Waals surface area contributed by atoms with Gasteiger partial charge in [0.15, 0.2) is 5.96 Å². The molecule has 0 aliphatic carbocycles. The van der Waals surface area contributed by atoms with Crippen LogP contribution in [0.1, 0.15) is 32.6 Å². The van der Waals surface area contributed by atoms with Crippen molar-refractivity contribution in [3.8, 4) is 0 Å². The fraction of sp³-hybridized carbons (Fsp3) is 0.923. The third kappa shape index (κ3) is 7.41. The Morgan fingerprint density at radius 3 is 2.94 bits per heavy atom. The Hall–Kier alpha value is -0.0300. The molecule has 5 heteroatoms. The molecule has 1 heterocycles. The molecule has 1 fully saturated rings. The Kier molecular flexibility index (Phi) is 9.66. The summed E-state index contributed by atoms with van der Waals surface area (Å²) in [5, 5.41) is 7.49. The molecule has 18 heavy (non-hydrogen) atoms. The molecular formula is C13H27N3S2. The maximum atomic E-state index is 4.68. The number of aliphatic imine (C=N–C) groups is 1. The number of guanidine groups is 1. The van der Waals surface area contributed by atoms with Crippen molar-refractivity contribution in [2.45, 2.75) is 37.9 Å². The normalized spacial score (nSPS) is 20.1. The molecule has 0 saturated carbocycles. The van der Waals surface area contributed by atoms with Gasteiger partial charge >= 0.3 is 0 Å². The zero-order valence-corrected chi connectivity index (χ0v) is 13.3. The summed E-state index contributed by atoms with van der Waals surface area (Å²) >= 11 is 3.99. The molecule has 0 aromatic heterocycles. The highest BCUT2D eigenvalue weighted by atomic mass is 32.2. The Morgan fingerprint density at radius 1 is 1.39 bits per heavy atom. The molecular weight excluding hydrogens is 262 g/mol. The van der Waals surface area contributed by atoms with E-state index in [0.717, 1.165) is 30.8 Å². The quantitative estimate of drug-likeness (QED) is 0.409. The van der Waals surface area contributed by atoms with Crippen LogP contribution in [0.2, 0.25) is 0 Å². The van der Waals surface area contributed by atoms with Crippen molar-refractivity contribution < 1.29 is 0 Å².